The van der Waals surface area contributed by atoms with Crippen LogP contribution in [0.15, 0.2) is 29.2 Å². The third kappa shape index (κ3) is 5.01. The van der Waals surface area contributed by atoms with Crippen LogP contribution in [0.5, 0.6) is 0 Å². The second kappa shape index (κ2) is 7.81. The van der Waals surface area contributed by atoms with Crippen molar-refractivity contribution in [3.63, 3.8) is 0 Å². The Morgan fingerprint density at radius 3 is 2.38 bits per heavy atom. The van der Waals surface area contributed by atoms with E-state index in [2.05, 4.69) is 16.6 Å². The van der Waals surface area contributed by atoms with Crippen LogP contribution in [0.3, 0.4) is 0 Å². The third-order valence-electron chi connectivity index (χ3n) is 3.30. The molecule has 0 saturated carbocycles. The topological polar surface area (TPSA) is 66.4 Å². The summed E-state index contributed by atoms with van der Waals surface area (Å²) in [5.41, 5.74) is 0. The number of benzene rings is 1. The van der Waals surface area contributed by atoms with Crippen LogP contribution in [-0.2, 0) is 10.0 Å². The molecule has 6 heteroatoms. The van der Waals surface area contributed by atoms with Gasteiger partial charge in [-0.05, 0) is 37.1 Å². The summed E-state index contributed by atoms with van der Waals surface area (Å²) in [6.45, 7) is 5.40. The zero-order valence-corrected chi connectivity index (χ0v) is 13.9. The normalized spacial score (nSPS) is 15.7. The molecule has 0 amide bonds. The lowest BCUT2D eigenvalue weighted by molar-refractivity contribution is 0.160. The van der Waals surface area contributed by atoms with Crippen molar-refractivity contribution in [1.82, 2.24) is 4.72 Å². The molecule has 116 valence electrons. The average molecular weight is 330 g/mol. The summed E-state index contributed by atoms with van der Waals surface area (Å²) in [5, 5.41) is 10.5. The third-order valence-corrected chi connectivity index (χ3v) is 5.03. The van der Waals surface area contributed by atoms with Crippen molar-refractivity contribution in [3.8, 4) is 11.8 Å². The minimum absolute atomic E-state index is 0.0528. The molecule has 1 aromatic carbocycles. The highest BCUT2D eigenvalue weighted by atomic mass is 35.5. The Hall–Kier alpha value is -1.06. The number of hydrogen-bond acceptors (Lipinski definition) is 3. The van der Waals surface area contributed by atoms with Crippen molar-refractivity contribution in [2.75, 3.05) is 0 Å². The van der Waals surface area contributed by atoms with Gasteiger partial charge >= 0.3 is 0 Å². The monoisotopic (exact) mass is 329 g/mol. The molecule has 21 heavy (non-hydrogen) atoms. The molecule has 0 saturated heterocycles. The number of nitrogens with one attached hydrogen (secondary N) is 1. The summed E-state index contributed by atoms with van der Waals surface area (Å²) in [6, 6.07) is 5.21. The van der Waals surface area contributed by atoms with E-state index < -0.39 is 22.2 Å². The fourth-order valence-corrected chi connectivity index (χ4v) is 3.32. The maximum absolute atomic E-state index is 12.4. The number of aliphatic hydroxyl groups excluding tert-OH is 1. The minimum Gasteiger partial charge on any atom is -0.379 e. The van der Waals surface area contributed by atoms with E-state index in [1.165, 1.54) is 24.3 Å². The van der Waals surface area contributed by atoms with Gasteiger partial charge in [0.15, 0.2) is 0 Å². The van der Waals surface area contributed by atoms with Crippen molar-refractivity contribution in [2.24, 2.45) is 5.92 Å². The lowest BCUT2D eigenvalue weighted by atomic mass is 9.95. The molecule has 1 unspecified atom stereocenters. The van der Waals surface area contributed by atoms with Gasteiger partial charge in [0.05, 0.1) is 10.9 Å². The summed E-state index contributed by atoms with van der Waals surface area (Å²) < 4.78 is 27.3. The quantitative estimate of drug-likeness (QED) is 0.788. The second-order valence-electron chi connectivity index (χ2n) is 4.83. The second-order valence-corrected chi connectivity index (χ2v) is 6.98. The van der Waals surface area contributed by atoms with E-state index in [1.54, 1.807) is 6.92 Å². The summed E-state index contributed by atoms with van der Waals surface area (Å²) in [7, 11) is -3.73. The van der Waals surface area contributed by atoms with Gasteiger partial charge < -0.3 is 5.11 Å². The van der Waals surface area contributed by atoms with Crippen LogP contribution in [0, 0.1) is 17.8 Å². The van der Waals surface area contributed by atoms with Crippen LogP contribution in [0.1, 0.15) is 27.2 Å². The highest BCUT2D eigenvalue weighted by Crippen LogP contribution is 2.18. The summed E-state index contributed by atoms with van der Waals surface area (Å²) >= 11 is 5.76. The van der Waals surface area contributed by atoms with Gasteiger partial charge in [0.1, 0.15) is 6.10 Å². The molecule has 3 atom stereocenters. The predicted molar refractivity (Wildman–Crippen MR) is 84.5 cm³/mol. The fourth-order valence-electron chi connectivity index (χ4n) is 1.84. The van der Waals surface area contributed by atoms with Gasteiger partial charge in [0, 0.05) is 5.02 Å². The van der Waals surface area contributed by atoms with E-state index in [9.17, 15) is 13.5 Å². The number of rotatable bonds is 6. The first kappa shape index (κ1) is 18.0. The van der Waals surface area contributed by atoms with Gasteiger partial charge in [-0.25, -0.2) is 13.1 Å². The molecule has 0 aromatic heterocycles. The van der Waals surface area contributed by atoms with Crippen LogP contribution < -0.4 is 4.72 Å². The van der Waals surface area contributed by atoms with Crippen molar-refractivity contribution in [1.29, 1.82) is 0 Å². The first-order valence-corrected chi connectivity index (χ1v) is 8.56. The van der Waals surface area contributed by atoms with Crippen molar-refractivity contribution < 1.29 is 13.5 Å². The van der Waals surface area contributed by atoms with Crippen molar-refractivity contribution >= 4 is 21.6 Å². The number of halogens is 1. The van der Waals surface area contributed by atoms with Gasteiger partial charge in [0.25, 0.3) is 0 Å². The van der Waals surface area contributed by atoms with E-state index in [1.807, 2.05) is 13.8 Å². The molecule has 0 fully saturated rings. The number of hydrogen-bond donors (Lipinski definition) is 2. The van der Waals surface area contributed by atoms with E-state index in [-0.39, 0.29) is 10.8 Å². The Morgan fingerprint density at radius 2 is 1.90 bits per heavy atom. The maximum atomic E-state index is 12.4. The molecule has 1 rings (SSSR count). The van der Waals surface area contributed by atoms with Crippen LogP contribution in [0.25, 0.3) is 0 Å². The van der Waals surface area contributed by atoms with E-state index >= 15 is 0 Å². The van der Waals surface area contributed by atoms with Gasteiger partial charge in [-0.1, -0.05) is 37.8 Å². The smallest absolute Gasteiger partial charge is 0.240 e. The van der Waals surface area contributed by atoms with Crippen molar-refractivity contribution in [3.05, 3.63) is 29.3 Å². The van der Waals surface area contributed by atoms with Gasteiger partial charge in [0.2, 0.25) is 10.0 Å². The first-order valence-electron chi connectivity index (χ1n) is 6.70. The highest BCUT2D eigenvalue weighted by molar-refractivity contribution is 7.89. The summed E-state index contributed by atoms with van der Waals surface area (Å²) in [5.74, 6) is 5.16. The standard InChI is InChI=1S/C15H20ClNO3S/c1-4-6-14(18)15(11(3)5-2)17-21(19,20)13-9-7-12(16)8-10-13/h7-11,14-15,17-18H,5H2,1-3H3/t11-,14?,15-/m0/s1. The van der Waals surface area contributed by atoms with E-state index in [0.29, 0.717) is 5.02 Å². The molecule has 0 aliphatic heterocycles. The van der Waals surface area contributed by atoms with Crippen LogP contribution in [0.4, 0.5) is 0 Å². The molecule has 0 spiro atoms. The van der Waals surface area contributed by atoms with Crippen molar-refractivity contribution in [2.45, 2.75) is 44.2 Å². The zero-order chi connectivity index (χ0) is 16.0. The summed E-state index contributed by atoms with van der Waals surface area (Å²) in [6.07, 6.45) is -0.331. The van der Waals surface area contributed by atoms with Gasteiger partial charge in [-0.2, -0.15) is 0 Å². The SMILES string of the molecule is CC#CC(O)[C@@H](NS(=O)(=O)c1ccc(Cl)cc1)[C@@H](C)CC. The van der Waals surface area contributed by atoms with Crippen LogP contribution >= 0.6 is 11.6 Å². The van der Waals surface area contributed by atoms with Gasteiger partial charge in [-0.3, -0.25) is 0 Å². The minimum atomic E-state index is -3.73. The van der Waals surface area contributed by atoms with E-state index in [4.69, 9.17) is 11.6 Å². The van der Waals surface area contributed by atoms with Gasteiger partial charge in [-0.15, -0.1) is 5.92 Å². The lowest BCUT2D eigenvalue weighted by Crippen LogP contribution is -2.46. The number of sulfonamides is 1. The molecule has 2 N–H and O–H groups in total. The Kier molecular flexibility index (Phi) is 6.69. The molecule has 0 radical (unpaired) electrons. The molecule has 0 bridgehead atoms. The number of aliphatic hydroxyl groups is 1. The Balaban J connectivity index is 3.05. The summed E-state index contributed by atoms with van der Waals surface area (Å²) in [4.78, 5) is 0.108. The molecule has 1 aromatic rings. The predicted octanol–water partition coefficient (Wildman–Crippen LogP) is 2.42. The lowest BCUT2D eigenvalue weighted by Gasteiger charge is -2.26. The maximum Gasteiger partial charge on any atom is 0.240 e. The highest BCUT2D eigenvalue weighted by Gasteiger charge is 2.28. The average Bonchev–Trinajstić information content (AvgIpc) is 2.44. The fraction of sp³-hybridized carbons (Fsp3) is 0.467. The molecule has 0 aliphatic carbocycles. The molecule has 0 aliphatic rings. The molecular weight excluding hydrogens is 310 g/mol. The molecule has 0 heterocycles. The molecule has 4 nitrogen and oxygen atoms in total. The Bertz CT molecular complexity index is 617. The molecular formula is C15H20ClNO3S. The Labute approximate surface area is 131 Å². The Morgan fingerprint density at radius 1 is 1.33 bits per heavy atom. The van der Waals surface area contributed by atoms with Crippen LogP contribution in [-0.4, -0.2) is 25.7 Å². The largest absolute Gasteiger partial charge is 0.379 e. The zero-order valence-electron chi connectivity index (χ0n) is 12.3. The van der Waals surface area contributed by atoms with E-state index in [0.717, 1.165) is 6.42 Å². The van der Waals surface area contributed by atoms with Crippen LogP contribution in [0.2, 0.25) is 5.02 Å². The first-order chi connectivity index (χ1) is 9.81.